The lowest BCUT2D eigenvalue weighted by molar-refractivity contribution is 1.30. The zero-order valence-corrected chi connectivity index (χ0v) is 13.1. The van der Waals surface area contributed by atoms with E-state index in [0.717, 1.165) is 0 Å². The van der Waals surface area contributed by atoms with Crippen LogP contribution in [0.3, 0.4) is 0 Å². The highest BCUT2D eigenvalue weighted by atomic mass is 31.1. The molecule has 98 valence electrons. The molecule has 2 rings (SSSR count). The van der Waals surface area contributed by atoms with Gasteiger partial charge in [0.15, 0.2) is 0 Å². The fraction of sp³-hybridized carbons (Fsp3) is 0.222. The molecule has 0 N–H and O–H groups in total. The van der Waals surface area contributed by atoms with Crippen LogP contribution in [0.25, 0.3) is 5.31 Å². The van der Waals surface area contributed by atoms with Gasteiger partial charge in [0.25, 0.3) is 0 Å². The minimum Gasteiger partial charge on any atom is -0.0904 e. The van der Waals surface area contributed by atoms with Crippen LogP contribution in [0.1, 0.15) is 22.3 Å². The lowest BCUT2D eigenvalue weighted by atomic mass is 10.00. The van der Waals surface area contributed by atoms with Gasteiger partial charge in [0.1, 0.15) is 0 Å². The van der Waals surface area contributed by atoms with Gasteiger partial charge < -0.3 is 0 Å². The molecule has 1 atom stereocenters. The first-order chi connectivity index (χ1) is 9.00. The van der Waals surface area contributed by atoms with E-state index in [4.69, 9.17) is 0 Å². The summed E-state index contributed by atoms with van der Waals surface area (Å²) in [6, 6.07) is 15.2. The smallest absolute Gasteiger partial charge is 0.0123 e. The Bertz CT molecular complexity index is 573. The molecule has 0 saturated heterocycles. The maximum Gasteiger partial charge on any atom is -0.0123 e. The highest BCUT2D eigenvalue weighted by molar-refractivity contribution is 7.74. The van der Waals surface area contributed by atoms with Gasteiger partial charge in [-0.1, -0.05) is 54.6 Å². The summed E-state index contributed by atoms with van der Waals surface area (Å²) in [6.45, 7) is 13.2. The first-order valence-corrected chi connectivity index (χ1v) is 8.35. The Labute approximate surface area is 117 Å². The minimum absolute atomic E-state index is 0.350. The van der Waals surface area contributed by atoms with Gasteiger partial charge in [-0.2, -0.15) is 0 Å². The molecular weight excluding hydrogens is 247 g/mol. The maximum atomic E-state index is 4.38. The Morgan fingerprint density at radius 1 is 0.947 bits per heavy atom. The monoisotopic (exact) mass is 268 g/mol. The molecule has 0 spiro atoms. The second kappa shape index (κ2) is 5.72. The van der Waals surface area contributed by atoms with E-state index < -0.39 is 0 Å². The van der Waals surface area contributed by atoms with Gasteiger partial charge in [-0.05, 0) is 62.7 Å². The van der Waals surface area contributed by atoms with Crippen molar-refractivity contribution in [3.63, 3.8) is 0 Å². The SMILES string of the molecule is C=C(c1c(C)cc(C)cc1C)P(C)c1ccccc1. The number of rotatable bonds is 3. The molecule has 0 bridgehead atoms. The Morgan fingerprint density at radius 3 is 2.00 bits per heavy atom. The molecule has 0 nitrogen and oxygen atoms in total. The summed E-state index contributed by atoms with van der Waals surface area (Å²) in [5.41, 5.74) is 5.36. The third-order valence-corrected chi connectivity index (χ3v) is 5.62. The summed E-state index contributed by atoms with van der Waals surface area (Å²) in [5, 5.41) is 2.66. The average Bonchev–Trinajstić information content (AvgIpc) is 2.37. The number of aryl methyl sites for hydroxylation is 3. The van der Waals surface area contributed by atoms with Crippen LogP contribution in [0.5, 0.6) is 0 Å². The van der Waals surface area contributed by atoms with Crippen molar-refractivity contribution in [1.29, 1.82) is 0 Å². The number of hydrogen-bond donors (Lipinski definition) is 0. The fourth-order valence-electron chi connectivity index (χ4n) is 2.61. The molecule has 2 aromatic rings. The first-order valence-electron chi connectivity index (χ1n) is 6.56. The highest BCUT2D eigenvalue weighted by Gasteiger charge is 2.14. The van der Waals surface area contributed by atoms with Crippen LogP contribution in [-0.4, -0.2) is 6.66 Å². The molecule has 0 fully saturated rings. The van der Waals surface area contributed by atoms with E-state index in [2.05, 4.69) is 76.5 Å². The van der Waals surface area contributed by atoms with Gasteiger partial charge in [-0.25, -0.2) is 0 Å². The molecule has 1 unspecified atom stereocenters. The lowest BCUT2D eigenvalue weighted by Gasteiger charge is -2.20. The second-order valence-corrected chi connectivity index (χ2v) is 7.29. The van der Waals surface area contributed by atoms with Crippen molar-refractivity contribution in [2.75, 3.05) is 6.66 Å². The van der Waals surface area contributed by atoms with E-state index in [1.54, 1.807) is 0 Å². The van der Waals surface area contributed by atoms with E-state index in [-0.39, 0.29) is 7.92 Å². The van der Waals surface area contributed by atoms with Crippen molar-refractivity contribution < 1.29 is 0 Å². The van der Waals surface area contributed by atoms with Crippen LogP contribution in [0.2, 0.25) is 0 Å². The van der Waals surface area contributed by atoms with E-state index in [1.165, 1.54) is 32.9 Å². The van der Waals surface area contributed by atoms with Crippen LogP contribution in [0.4, 0.5) is 0 Å². The molecule has 0 aliphatic heterocycles. The van der Waals surface area contributed by atoms with Crippen LogP contribution < -0.4 is 5.30 Å². The van der Waals surface area contributed by atoms with Gasteiger partial charge >= 0.3 is 0 Å². The largest absolute Gasteiger partial charge is 0.0904 e. The van der Waals surface area contributed by atoms with E-state index in [0.29, 0.717) is 0 Å². The molecule has 0 aromatic heterocycles. The zero-order valence-electron chi connectivity index (χ0n) is 12.2. The molecular formula is C18H21P. The summed E-state index contributed by atoms with van der Waals surface area (Å²) in [6.07, 6.45) is 0. The second-order valence-electron chi connectivity index (χ2n) is 5.11. The predicted molar refractivity (Wildman–Crippen MR) is 88.6 cm³/mol. The topological polar surface area (TPSA) is 0 Å². The molecule has 19 heavy (non-hydrogen) atoms. The van der Waals surface area contributed by atoms with Gasteiger partial charge in [-0.3, -0.25) is 0 Å². The Morgan fingerprint density at radius 2 is 1.47 bits per heavy atom. The Hall–Kier alpha value is -1.39. The Balaban J connectivity index is 2.40. The van der Waals surface area contributed by atoms with Crippen LogP contribution >= 0.6 is 7.92 Å². The molecule has 1 heteroatoms. The number of benzene rings is 2. The summed E-state index contributed by atoms with van der Waals surface area (Å²) < 4.78 is 0. The Kier molecular flexibility index (Phi) is 4.22. The summed E-state index contributed by atoms with van der Waals surface area (Å²) in [5.74, 6) is 0. The van der Waals surface area contributed by atoms with Crippen molar-refractivity contribution >= 4 is 18.5 Å². The fourth-order valence-corrected chi connectivity index (χ4v) is 4.23. The normalized spacial score (nSPS) is 12.2. The lowest BCUT2D eigenvalue weighted by Crippen LogP contribution is -2.02. The van der Waals surface area contributed by atoms with Gasteiger partial charge in [0, 0.05) is 0 Å². The van der Waals surface area contributed by atoms with E-state index in [1.807, 2.05) is 0 Å². The van der Waals surface area contributed by atoms with Crippen molar-refractivity contribution in [2.24, 2.45) is 0 Å². The van der Waals surface area contributed by atoms with Crippen LogP contribution in [0.15, 0.2) is 49.0 Å². The standard InChI is InChI=1S/C18H21P/c1-13-11-14(2)18(15(3)12-13)16(4)19(5)17-9-7-6-8-10-17/h6-12H,4H2,1-3,5H3. The highest BCUT2D eigenvalue weighted by Crippen LogP contribution is 2.46. The zero-order chi connectivity index (χ0) is 14.0. The van der Waals surface area contributed by atoms with E-state index >= 15 is 0 Å². The number of hydrogen-bond acceptors (Lipinski definition) is 0. The molecule has 0 radical (unpaired) electrons. The molecule has 0 aliphatic carbocycles. The van der Waals surface area contributed by atoms with E-state index in [9.17, 15) is 0 Å². The van der Waals surface area contributed by atoms with Gasteiger partial charge in [0.05, 0.1) is 0 Å². The third kappa shape index (κ3) is 2.96. The van der Waals surface area contributed by atoms with Crippen LogP contribution in [0, 0.1) is 20.8 Å². The van der Waals surface area contributed by atoms with Gasteiger partial charge in [0.2, 0.25) is 0 Å². The van der Waals surface area contributed by atoms with Gasteiger partial charge in [-0.15, -0.1) is 0 Å². The van der Waals surface area contributed by atoms with Crippen LogP contribution in [-0.2, 0) is 0 Å². The third-order valence-electron chi connectivity index (χ3n) is 3.51. The summed E-state index contributed by atoms with van der Waals surface area (Å²) in [7, 11) is -0.350. The molecule has 2 aromatic carbocycles. The minimum atomic E-state index is -0.350. The summed E-state index contributed by atoms with van der Waals surface area (Å²) in [4.78, 5) is 0. The van der Waals surface area contributed by atoms with Crippen molar-refractivity contribution in [2.45, 2.75) is 20.8 Å². The average molecular weight is 268 g/mol. The molecule has 0 amide bonds. The quantitative estimate of drug-likeness (QED) is 0.686. The summed E-state index contributed by atoms with van der Waals surface area (Å²) >= 11 is 0. The van der Waals surface area contributed by atoms with Crippen molar-refractivity contribution in [3.8, 4) is 0 Å². The molecule has 0 heterocycles. The van der Waals surface area contributed by atoms with Crippen molar-refractivity contribution in [3.05, 3.63) is 71.3 Å². The predicted octanol–water partition coefficient (Wildman–Crippen LogP) is 5.02. The first kappa shape index (κ1) is 14.0. The van der Waals surface area contributed by atoms with Crippen molar-refractivity contribution in [1.82, 2.24) is 0 Å². The molecule has 0 saturated carbocycles. The maximum absolute atomic E-state index is 4.38. The molecule has 0 aliphatic rings.